The molecule has 2 amide bonds. The minimum atomic E-state index is -0.221. The van der Waals surface area contributed by atoms with Gasteiger partial charge in [-0.15, -0.1) is 11.3 Å². The zero-order valence-electron chi connectivity index (χ0n) is 17.4. The SMILES string of the molecule is CC(C)NCc1cccc(CN2Cc3c(NC(=O)c4ccc(Cl)s4)cccc3C2=O)c1. The van der Waals surface area contributed by atoms with Crippen molar-refractivity contribution in [3.8, 4) is 0 Å². The third-order valence-corrected chi connectivity index (χ3v) is 6.40. The maximum atomic E-state index is 13.0. The van der Waals surface area contributed by atoms with E-state index in [0.29, 0.717) is 39.6 Å². The van der Waals surface area contributed by atoms with Crippen molar-refractivity contribution in [2.45, 2.75) is 39.5 Å². The van der Waals surface area contributed by atoms with Crippen LogP contribution in [0.2, 0.25) is 4.34 Å². The first-order valence-corrected chi connectivity index (χ1v) is 11.4. The van der Waals surface area contributed by atoms with Crippen molar-refractivity contribution in [2.24, 2.45) is 0 Å². The molecule has 1 aromatic heterocycles. The lowest BCUT2D eigenvalue weighted by molar-refractivity contribution is 0.0766. The Kier molecular flexibility index (Phi) is 6.41. The number of anilines is 1. The van der Waals surface area contributed by atoms with E-state index >= 15 is 0 Å². The van der Waals surface area contributed by atoms with Gasteiger partial charge in [0, 0.05) is 42.5 Å². The molecule has 7 heteroatoms. The molecular weight excluding hydrogens is 430 g/mol. The van der Waals surface area contributed by atoms with E-state index in [-0.39, 0.29) is 11.8 Å². The van der Waals surface area contributed by atoms with Crippen LogP contribution in [0.5, 0.6) is 0 Å². The standard InChI is InChI=1S/C24H24ClN3O2S/c1-15(2)26-12-16-5-3-6-17(11-16)13-28-14-19-18(24(28)30)7-4-8-20(19)27-23(29)21-9-10-22(25)31-21/h3-11,15,26H,12-14H2,1-2H3,(H,27,29). The van der Waals surface area contributed by atoms with Gasteiger partial charge in [0.2, 0.25) is 0 Å². The Labute approximate surface area is 191 Å². The van der Waals surface area contributed by atoms with Crippen LogP contribution in [0.25, 0.3) is 0 Å². The molecule has 0 unspecified atom stereocenters. The topological polar surface area (TPSA) is 61.4 Å². The molecule has 160 valence electrons. The van der Waals surface area contributed by atoms with E-state index in [0.717, 1.165) is 17.7 Å². The lowest BCUT2D eigenvalue weighted by Crippen LogP contribution is -2.24. The smallest absolute Gasteiger partial charge is 0.265 e. The fraction of sp³-hybridized carbons (Fsp3) is 0.250. The third kappa shape index (κ3) is 4.98. The van der Waals surface area contributed by atoms with E-state index in [9.17, 15) is 9.59 Å². The van der Waals surface area contributed by atoms with Gasteiger partial charge in [-0.1, -0.05) is 55.8 Å². The van der Waals surface area contributed by atoms with Crippen LogP contribution in [0.3, 0.4) is 0 Å². The highest BCUT2D eigenvalue weighted by Crippen LogP contribution is 2.31. The lowest BCUT2D eigenvalue weighted by Gasteiger charge is -2.17. The molecule has 1 aliphatic heterocycles. The van der Waals surface area contributed by atoms with Crippen LogP contribution >= 0.6 is 22.9 Å². The van der Waals surface area contributed by atoms with Crippen LogP contribution in [0.15, 0.2) is 54.6 Å². The highest BCUT2D eigenvalue weighted by atomic mass is 35.5. The lowest BCUT2D eigenvalue weighted by atomic mass is 10.1. The average Bonchev–Trinajstić information content (AvgIpc) is 3.31. The Bertz CT molecular complexity index is 1130. The normalized spacial score (nSPS) is 13.0. The van der Waals surface area contributed by atoms with Crippen LogP contribution in [-0.2, 0) is 19.6 Å². The van der Waals surface area contributed by atoms with Crippen molar-refractivity contribution >= 4 is 40.4 Å². The second-order valence-electron chi connectivity index (χ2n) is 7.91. The van der Waals surface area contributed by atoms with E-state index < -0.39 is 0 Å². The zero-order chi connectivity index (χ0) is 22.0. The summed E-state index contributed by atoms with van der Waals surface area (Å²) < 4.78 is 0.565. The van der Waals surface area contributed by atoms with Crippen LogP contribution in [0.1, 0.15) is 50.6 Å². The average molecular weight is 454 g/mol. The summed E-state index contributed by atoms with van der Waals surface area (Å²) in [6.07, 6.45) is 0. The van der Waals surface area contributed by atoms with Crippen LogP contribution in [0, 0.1) is 0 Å². The quantitative estimate of drug-likeness (QED) is 0.509. The van der Waals surface area contributed by atoms with Crippen LogP contribution < -0.4 is 10.6 Å². The first-order valence-electron chi connectivity index (χ1n) is 10.2. The van der Waals surface area contributed by atoms with Gasteiger partial charge in [0.15, 0.2) is 0 Å². The molecule has 2 aromatic carbocycles. The van der Waals surface area contributed by atoms with Gasteiger partial charge >= 0.3 is 0 Å². The number of carbonyl (C=O) groups is 2. The largest absolute Gasteiger partial charge is 0.330 e. The summed E-state index contributed by atoms with van der Waals surface area (Å²) in [5.74, 6) is -0.238. The van der Waals surface area contributed by atoms with Gasteiger partial charge in [-0.2, -0.15) is 0 Å². The molecule has 0 bridgehead atoms. The number of rotatable bonds is 7. The first-order chi connectivity index (χ1) is 14.9. The monoisotopic (exact) mass is 453 g/mol. The van der Waals surface area contributed by atoms with Gasteiger partial charge < -0.3 is 15.5 Å². The fourth-order valence-corrected chi connectivity index (χ4v) is 4.57. The summed E-state index contributed by atoms with van der Waals surface area (Å²) in [4.78, 5) is 27.9. The number of hydrogen-bond donors (Lipinski definition) is 2. The van der Waals surface area contributed by atoms with Crippen molar-refractivity contribution in [3.63, 3.8) is 0 Å². The molecule has 0 saturated carbocycles. The maximum Gasteiger partial charge on any atom is 0.265 e. The predicted molar refractivity (Wildman–Crippen MR) is 126 cm³/mol. The van der Waals surface area contributed by atoms with E-state index in [2.05, 4.69) is 36.6 Å². The minimum absolute atomic E-state index is 0.0176. The molecule has 31 heavy (non-hydrogen) atoms. The Hall–Kier alpha value is -2.67. The molecular formula is C24H24ClN3O2S. The second kappa shape index (κ2) is 9.22. The molecule has 0 fully saturated rings. The summed E-state index contributed by atoms with van der Waals surface area (Å²) >= 11 is 7.18. The van der Waals surface area contributed by atoms with Gasteiger partial charge in [0.05, 0.1) is 9.21 Å². The molecule has 4 rings (SSSR count). The van der Waals surface area contributed by atoms with Gasteiger partial charge in [-0.05, 0) is 35.4 Å². The fourth-order valence-electron chi connectivity index (χ4n) is 3.64. The molecule has 1 aliphatic rings. The number of nitrogens with one attached hydrogen (secondary N) is 2. The molecule has 0 spiro atoms. The predicted octanol–water partition coefficient (Wildman–Crippen LogP) is 5.31. The van der Waals surface area contributed by atoms with E-state index in [1.165, 1.54) is 16.9 Å². The minimum Gasteiger partial charge on any atom is -0.330 e. The van der Waals surface area contributed by atoms with Crippen LogP contribution in [0.4, 0.5) is 5.69 Å². The van der Waals surface area contributed by atoms with E-state index in [4.69, 9.17) is 11.6 Å². The Morgan fingerprint density at radius 2 is 1.90 bits per heavy atom. The molecule has 2 heterocycles. The van der Waals surface area contributed by atoms with Crippen molar-refractivity contribution in [1.29, 1.82) is 0 Å². The highest BCUT2D eigenvalue weighted by Gasteiger charge is 2.30. The Morgan fingerprint density at radius 1 is 1.13 bits per heavy atom. The zero-order valence-corrected chi connectivity index (χ0v) is 19.0. The van der Waals surface area contributed by atoms with Crippen molar-refractivity contribution in [2.75, 3.05) is 5.32 Å². The third-order valence-electron chi connectivity index (χ3n) is 5.17. The molecule has 2 N–H and O–H groups in total. The molecule has 0 atom stereocenters. The molecule has 0 saturated heterocycles. The van der Waals surface area contributed by atoms with Gasteiger partial charge in [-0.25, -0.2) is 0 Å². The molecule has 5 nitrogen and oxygen atoms in total. The van der Waals surface area contributed by atoms with Crippen molar-refractivity contribution in [3.05, 3.63) is 86.1 Å². The number of amides is 2. The number of nitrogens with zero attached hydrogens (tertiary/aromatic N) is 1. The van der Waals surface area contributed by atoms with Crippen LogP contribution in [-0.4, -0.2) is 22.8 Å². The first kappa shape index (κ1) is 21.6. The number of benzene rings is 2. The van der Waals surface area contributed by atoms with Crippen molar-refractivity contribution < 1.29 is 9.59 Å². The summed E-state index contributed by atoms with van der Waals surface area (Å²) in [5.41, 5.74) is 4.43. The highest BCUT2D eigenvalue weighted by molar-refractivity contribution is 7.18. The molecule has 0 radical (unpaired) electrons. The van der Waals surface area contributed by atoms with Gasteiger partial charge in [0.1, 0.15) is 0 Å². The molecule has 0 aliphatic carbocycles. The summed E-state index contributed by atoms with van der Waals surface area (Å²) in [5, 5.41) is 6.36. The van der Waals surface area contributed by atoms with Gasteiger partial charge in [0.25, 0.3) is 11.8 Å². The van der Waals surface area contributed by atoms with Crippen molar-refractivity contribution in [1.82, 2.24) is 10.2 Å². The second-order valence-corrected chi connectivity index (χ2v) is 9.62. The summed E-state index contributed by atoms with van der Waals surface area (Å²) in [6.45, 7) is 6.02. The summed E-state index contributed by atoms with van der Waals surface area (Å²) in [7, 11) is 0. The number of fused-ring (bicyclic) bond motifs is 1. The maximum absolute atomic E-state index is 13.0. The Balaban J connectivity index is 1.49. The number of thiophene rings is 1. The van der Waals surface area contributed by atoms with E-state index in [1.807, 2.05) is 29.2 Å². The Morgan fingerprint density at radius 3 is 2.65 bits per heavy atom. The number of halogens is 1. The molecule has 3 aromatic rings. The van der Waals surface area contributed by atoms with Gasteiger partial charge in [-0.3, -0.25) is 9.59 Å². The van der Waals surface area contributed by atoms with E-state index in [1.54, 1.807) is 18.2 Å². The number of carbonyl (C=O) groups excluding carboxylic acids is 2. The summed E-state index contributed by atoms with van der Waals surface area (Å²) in [6, 6.07) is 17.6. The number of hydrogen-bond acceptors (Lipinski definition) is 4.